The highest BCUT2D eigenvalue weighted by Gasteiger charge is 2.37. The first kappa shape index (κ1) is 20.4. The highest BCUT2D eigenvalue weighted by atomic mass is 79.9. The van der Waals surface area contributed by atoms with Crippen LogP contribution in [0.2, 0.25) is 5.02 Å². The van der Waals surface area contributed by atoms with E-state index in [1.165, 1.54) is 6.07 Å². The summed E-state index contributed by atoms with van der Waals surface area (Å²) >= 11 is 9.30. The average Bonchev–Trinajstić information content (AvgIpc) is 2.58. The first-order valence-electron chi connectivity index (χ1n) is 8.61. The van der Waals surface area contributed by atoms with Gasteiger partial charge in [0.1, 0.15) is 11.4 Å². The Labute approximate surface area is 170 Å². The highest BCUT2D eigenvalue weighted by Crippen LogP contribution is 2.34. The minimum Gasteiger partial charge on any atom is -0.444 e. The Morgan fingerprint density at radius 3 is 2.78 bits per heavy atom. The topological polar surface area (TPSA) is 59.1 Å². The summed E-state index contributed by atoms with van der Waals surface area (Å²) < 4.78 is 25.4. The monoisotopic (exact) mass is 462 g/mol. The minimum absolute atomic E-state index is 0.0928. The van der Waals surface area contributed by atoms with Crippen LogP contribution >= 0.6 is 27.5 Å². The number of carbonyl (C=O) groups excluding carboxylic acids is 2. The van der Waals surface area contributed by atoms with Gasteiger partial charge in [0.05, 0.1) is 28.8 Å². The second-order valence-corrected chi connectivity index (χ2v) is 8.78. The Balaban J connectivity index is 1.83. The smallest absolute Gasteiger partial charge is 0.410 e. The second-order valence-electron chi connectivity index (χ2n) is 7.61. The molecule has 2 aliphatic rings. The Morgan fingerprint density at radius 1 is 1.41 bits per heavy atom. The van der Waals surface area contributed by atoms with E-state index in [0.717, 1.165) is 0 Å². The molecule has 1 atom stereocenters. The SMILES string of the molecule is CC(C)(C)OC(=O)N1CCN2C(=O)c3cc(F)c(Br)c(Cl)c3COC[C@H]2C1. The largest absolute Gasteiger partial charge is 0.444 e. The standard InChI is InChI=1S/C18H21BrClFN2O4/c1-18(2,3)27-17(25)22-4-5-23-10(7-22)8-26-9-12-11(16(23)24)6-13(21)14(19)15(12)20/h6,10H,4-5,7-9H2,1-3H3/t10-/m1/s1. The van der Waals surface area contributed by atoms with Crippen LogP contribution in [0.1, 0.15) is 36.7 Å². The number of fused-ring (bicyclic) bond motifs is 2. The molecule has 148 valence electrons. The van der Waals surface area contributed by atoms with Crippen LogP contribution in [0.25, 0.3) is 0 Å². The zero-order valence-corrected chi connectivity index (χ0v) is 17.7. The van der Waals surface area contributed by atoms with E-state index in [-0.39, 0.29) is 40.2 Å². The molecule has 2 aliphatic heterocycles. The van der Waals surface area contributed by atoms with Gasteiger partial charge >= 0.3 is 6.09 Å². The van der Waals surface area contributed by atoms with Gasteiger partial charge in [-0.25, -0.2) is 9.18 Å². The van der Waals surface area contributed by atoms with Crippen molar-refractivity contribution in [3.05, 3.63) is 32.5 Å². The van der Waals surface area contributed by atoms with Gasteiger partial charge in [-0.3, -0.25) is 4.79 Å². The predicted molar refractivity (Wildman–Crippen MR) is 101 cm³/mol. The van der Waals surface area contributed by atoms with Crippen molar-refractivity contribution in [3.8, 4) is 0 Å². The summed E-state index contributed by atoms with van der Waals surface area (Å²) in [4.78, 5) is 28.6. The minimum atomic E-state index is -0.600. The third-order valence-corrected chi connectivity index (χ3v) is 5.87. The summed E-state index contributed by atoms with van der Waals surface area (Å²) in [6.45, 7) is 6.68. The van der Waals surface area contributed by atoms with Crippen LogP contribution in [-0.4, -0.2) is 59.7 Å². The summed E-state index contributed by atoms with van der Waals surface area (Å²) in [7, 11) is 0. The molecule has 0 bridgehead atoms. The summed E-state index contributed by atoms with van der Waals surface area (Å²) in [6, 6.07) is 0.844. The fourth-order valence-electron chi connectivity index (χ4n) is 3.17. The Kier molecular flexibility index (Phi) is 5.70. The molecule has 27 heavy (non-hydrogen) atoms. The number of amides is 2. The maximum atomic E-state index is 14.1. The molecule has 1 aromatic carbocycles. The number of carbonyl (C=O) groups is 2. The third-order valence-electron chi connectivity index (χ3n) is 4.45. The number of nitrogens with zero attached hydrogens (tertiary/aromatic N) is 2. The fourth-order valence-corrected chi connectivity index (χ4v) is 3.77. The number of hydrogen-bond donors (Lipinski definition) is 0. The van der Waals surface area contributed by atoms with Crippen molar-refractivity contribution in [1.29, 1.82) is 0 Å². The molecule has 0 N–H and O–H groups in total. The van der Waals surface area contributed by atoms with Gasteiger partial charge in [-0.2, -0.15) is 0 Å². The van der Waals surface area contributed by atoms with Crippen molar-refractivity contribution in [2.24, 2.45) is 0 Å². The van der Waals surface area contributed by atoms with Crippen LogP contribution < -0.4 is 0 Å². The van der Waals surface area contributed by atoms with Gasteiger partial charge in [-0.15, -0.1) is 0 Å². The number of benzene rings is 1. The van der Waals surface area contributed by atoms with Gasteiger partial charge in [-0.05, 0) is 42.8 Å². The van der Waals surface area contributed by atoms with Crippen LogP contribution in [-0.2, 0) is 16.1 Å². The summed E-state index contributed by atoms with van der Waals surface area (Å²) in [5.74, 6) is -0.910. The molecule has 9 heteroatoms. The van der Waals surface area contributed by atoms with Crippen molar-refractivity contribution < 1.29 is 23.5 Å². The van der Waals surface area contributed by atoms with Crippen molar-refractivity contribution in [2.75, 3.05) is 26.2 Å². The van der Waals surface area contributed by atoms with E-state index in [0.29, 0.717) is 25.2 Å². The zero-order valence-electron chi connectivity index (χ0n) is 15.4. The van der Waals surface area contributed by atoms with Gasteiger partial charge in [0.2, 0.25) is 0 Å². The van der Waals surface area contributed by atoms with Crippen LogP contribution in [0.4, 0.5) is 9.18 Å². The molecule has 0 unspecified atom stereocenters. The van der Waals surface area contributed by atoms with Gasteiger partial charge in [0.15, 0.2) is 0 Å². The molecule has 0 spiro atoms. The number of halogens is 3. The lowest BCUT2D eigenvalue weighted by Crippen LogP contribution is -2.59. The normalized spacial score (nSPS) is 20.5. The number of hydrogen-bond acceptors (Lipinski definition) is 4. The van der Waals surface area contributed by atoms with E-state index in [4.69, 9.17) is 21.1 Å². The Morgan fingerprint density at radius 2 is 2.11 bits per heavy atom. The van der Waals surface area contributed by atoms with Crippen molar-refractivity contribution >= 4 is 39.5 Å². The van der Waals surface area contributed by atoms with E-state index in [1.807, 2.05) is 0 Å². The number of piperazine rings is 1. The zero-order chi connectivity index (χ0) is 19.9. The van der Waals surface area contributed by atoms with Crippen molar-refractivity contribution in [3.63, 3.8) is 0 Å². The van der Waals surface area contributed by atoms with E-state index < -0.39 is 17.5 Å². The molecule has 0 aromatic heterocycles. The first-order chi connectivity index (χ1) is 12.6. The quantitative estimate of drug-likeness (QED) is 0.549. The molecule has 2 amide bonds. The molecule has 2 heterocycles. The Bertz CT molecular complexity index is 784. The summed E-state index contributed by atoms with van der Waals surface area (Å²) in [5.41, 5.74) is 0.0568. The van der Waals surface area contributed by atoms with Crippen molar-refractivity contribution in [2.45, 2.75) is 39.0 Å². The van der Waals surface area contributed by atoms with Crippen LogP contribution in [0, 0.1) is 5.82 Å². The third kappa shape index (κ3) is 4.22. The maximum absolute atomic E-state index is 14.1. The van der Waals surface area contributed by atoms with Crippen molar-refractivity contribution in [1.82, 2.24) is 9.80 Å². The molecule has 1 saturated heterocycles. The van der Waals surface area contributed by atoms with Crippen LogP contribution in [0.15, 0.2) is 10.5 Å². The molecule has 0 radical (unpaired) electrons. The van der Waals surface area contributed by atoms with Gasteiger partial charge in [0.25, 0.3) is 5.91 Å². The fraction of sp³-hybridized carbons (Fsp3) is 0.556. The molecule has 1 aromatic rings. The van der Waals surface area contributed by atoms with Gasteiger partial charge in [0, 0.05) is 30.8 Å². The predicted octanol–water partition coefficient (Wildman–Crippen LogP) is 3.83. The van der Waals surface area contributed by atoms with E-state index in [2.05, 4.69) is 15.9 Å². The van der Waals surface area contributed by atoms with Gasteiger partial charge in [-0.1, -0.05) is 11.6 Å². The summed E-state index contributed by atoms with van der Waals surface area (Å²) in [6.07, 6.45) is -0.421. The Hall–Kier alpha value is -1.38. The summed E-state index contributed by atoms with van der Waals surface area (Å²) in [5, 5.41) is 0.143. The second kappa shape index (κ2) is 7.56. The molecular weight excluding hydrogens is 443 g/mol. The number of rotatable bonds is 0. The van der Waals surface area contributed by atoms with Crippen LogP contribution in [0.3, 0.4) is 0 Å². The van der Waals surface area contributed by atoms with E-state index in [1.54, 1.807) is 30.6 Å². The molecule has 0 saturated carbocycles. The van der Waals surface area contributed by atoms with Gasteiger partial charge < -0.3 is 19.3 Å². The average molecular weight is 464 g/mol. The van der Waals surface area contributed by atoms with E-state index >= 15 is 0 Å². The lowest BCUT2D eigenvalue weighted by molar-refractivity contribution is -0.0158. The molecule has 0 aliphatic carbocycles. The van der Waals surface area contributed by atoms with Crippen LogP contribution in [0.5, 0.6) is 0 Å². The molecular formula is C18H21BrClFN2O4. The maximum Gasteiger partial charge on any atom is 0.410 e. The lowest BCUT2D eigenvalue weighted by atomic mass is 10.0. The molecule has 6 nitrogen and oxygen atoms in total. The highest BCUT2D eigenvalue weighted by molar-refractivity contribution is 9.10. The van der Waals surface area contributed by atoms with E-state index in [9.17, 15) is 14.0 Å². The number of ether oxygens (including phenoxy) is 2. The molecule has 1 fully saturated rings. The first-order valence-corrected chi connectivity index (χ1v) is 9.78. The lowest BCUT2D eigenvalue weighted by Gasteiger charge is -2.42. The molecule has 3 rings (SSSR count).